The normalized spacial score (nSPS) is 12.2. The summed E-state index contributed by atoms with van der Waals surface area (Å²) in [6, 6.07) is 20.4. The van der Waals surface area contributed by atoms with E-state index in [1.165, 1.54) is 49.4 Å². The fraction of sp³-hybridized carbons (Fsp3) is 0.143. The van der Waals surface area contributed by atoms with Crippen molar-refractivity contribution in [3.05, 3.63) is 107 Å². The predicted molar refractivity (Wildman–Crippen MR) is 149 cm³/mol. The molecule has 0 aromatic heterocycles. The standard InChI is InChI=1S/C28H27NO7S3/c1-19-5-11-24(12-6-19)37(30,31)27-18-23(29-38(32,33)25-13-7-20(2)8-14-25)17-22(4)28(27)36-39(34,35)26-15-9-21(3)10-16-26/h5-18,29H,1-4H3. The number of sulfone groups is 1. The summed E-state index contributed by atoms with van der Waals surface area (Å²) in [5.41, 5.74) is 2.55. The van der Waals surface area contributed by atoms with E-state index < -0.39 is 40.6 Å². The monoisotopic (exact) mass is 585 g/mol. The van der Waals surface area contributed by atoms with Gasteiger partial charge in [-0.2, -0.15) is 8.42 Å². The smallest absolute Gasteiger partial charge is 0.339 e. The van der Waals surface area contributed by atoms with Crippen molar-refractivity contribution < 1.29 is 29.4 Å². The second kappa shape index (κ2) is 10.5. The SMILES string of the molecule is Cc1ccc(S(=O)(=O)Nc2cc(C)c(OS(=O)(=O)c3ccc(C)cc3)c(S(=O)(=O)c3ccc(C)cc3)c2)cc1. The third-order valence-electron chi connectivity index (χ3n) is 5.95. The van der Waals surface area contributed by atoms with Crippen LogP contribution < -0.4 is 8.91 Å². The maximum Gasteiger partial charge on any atom is 0.339 e. The molecule has 0 aliphatic heterocycles. The minimum absolute atomic E-state index is 0.0176. The molecule has 0 atom stereocenters. The Hall–Kier alpha value is -3.67. The Bertz CT molecular complexity index is 1850. The van der Waals surface area contributed by atoms with Crippen molar-refractivity contribution in [3.63, 3.8) is 0 Å². The maximum absolute atomic E-state index is 13.8. The molecule has 39 heavy (non-hydrogen) atoms. The van der Waals surface area contributed by atoms with Gasteiger partial charge >= 0.3 is 10.1 Å². The summed E-state index contributed by atoms with van der Waals surface area (Å²) in [5, 5.41) is 0. The van der Waals surface area contributed by atoms with Crippen LogP contribution in [0, 0.1) is 27.7 Å². The van der Waals surface area contributed by atoms with Gasteiger partial charge in [-0.05, 0) is 81.8 Å². The van der Waals surface area contributed by atoms with Gasteiger partial charge in [0.2, 0.25) is 9.84 Å². The molecule has 0 fully saturated rings. The topological polar surface area (TPSA) is 124 Å². The van der Waals surface area contributed by atoms with Gasteiger partial charge < -0.3 is 4.18 Å². The molecular weight excluding hydrogens is 559 g/mol. The van der Waals surface area contributed by atoms with E-state index >= 15 is 0 Å². The largest absolute Gasteiger partial charge is 0.377 e. The molecule has 1 N–H and O–H groups in total. The Morgan fingerprint density at radius 2 is 1.00 bits per heavy atom. The van der Waals surface area contributed by atoms with Crippen molar-refractivity contribution in [3.8, 4) is 5.75 Å². The minimum atomic E-state index is -4.42. The zero-order valence-corrected chi connectivity index (χ0v) is 24.1. The first-order chi connectivity index (χ1) is 18.2. The zero-order valence-electron chi connectivity index (χ0n) is 21.7. The summed E-state index contributed by atoms with van der Waals surface area (Å²) in [7, 11) is -12.8. The van der Waals surface area contributed by atoms with E-state index in [0.29, 0.717) is 0 Å². The van der Waals surface area contributed by atoms with Crippen LogP contribution in [-0.2, 0) is 30.0 Å². The van der Waals surface area contributed by atoms with Crippen molar-refractivity contribution in [2.45, 2.75) is 47.3 Å². The van der Waals surface area contributed by atoms with Crippen LogP contribution >= 0.6 is 0 Å². The number of hydrogen-bond acceptors (Lipinski definition) is 7. The predicted octanol–water partition coefficient (Wildman–Crippen LogP) is 5.32. The third-order valence-corrected chi connectivity index (χ3v) is 10.4. The van der Waals surface area contributed by atoms with Gasteiger partial charge in [0.15, 0.2) is 5.75 Å². The number of rotatable bonds is 8. The molecular formula is C28H27NO7S3. The fourth-order valence-corrected chi connectivity index (χ4v) is 7.32. The zero-order chi connectivity index (χ0) is 28.6. The molecule has 4 rings (SSSR count). The van der Waals surface area contributed by atoms with Gasteiger partial charge in [0.25, 0.3) is 10.0 Å². The quantitative estimate of drug-likeness (QED) is 0.278. The van der Waals surface area contributed by atoms with Crippen molar-refractivity contribution >= 4 is 35.7 Å². The summed E-state index contributed by atoms with van der Waals surface area (Å²) < 4.78 is 87.6. The van der Waals surface area contributed by atoms with E-state index in [1.54, 1.807) is 50.2 Å². The van der Waals surface area contributed by atoms with E-state index in [0.717, 1.165) is 22.8 Å². The van der Waals surface area contributed by atoms with Crippen LogP contribution in [0.5, 0.6) is 5.75 Å². The number of benzene rings is 4. The van der Waals surface area contributed by atoms with Crippen molar-refractivity contribution in [2.24, 2.45) is 0 Å². The lowest BCUT2D eigenvalue weighted by molar-refractivity contribution is 0.476. The van der Waals surface area contributed by atoms with Crippen LogP contribution in [0.25, 0.3) is 0 Å². The number of sulfonamides is 1. The Kier molecular flexibility index (Phi) is 7.61. The Balaban J connectivity index is 1.86. The van der Waals surface area contributed by atoms with Crippen molar-refractivity contribution in [1.82, 2.24) is 0 Å². The highest BCUT2D eigenvalue weighted by atomic mass is 32.2. The van der Waals surface area contributed by atoms with Crippen molar-refractivity contribution in [2.75, 3.05) is 4.72 Å². The molecule has 11 heteroatoms. The first-order valence-electron chi connectivity index (χ1n) is 11.8. The number of anilines is 1. The lowest BCUT2D eigenvalue weighted by Crippen LogP contribution is -2.16. The first kappa shape index (κ1) is 28.3. The Morgan fingerprint density at radius 1 is 0.564 bits per heavy atom. The summed E-state index contributed by atoms with van der Waals surface area (Å²) >= 11 is 0. The lowest BCUT2D eigenvalue weighted by Gasteiger charge is -2.17. The molecule has 4 aromatic carbocycles. The van der Waals surface area contributed by atoms with Crippen molar-refractivity contribution in [1.29, 1.82) is 0 Å². The van der Waals surface area contributed by atoms with Gasteiger partial charge in [-0.25, -0.2) is 16.8 Å². The van der Waals surface area contributed by atoms with Crippen LogP contribution in [0.3, 0.4) is 0 Å². The second-order valence-electron chi connectivity index (χ2n) is 9.21. The fourth-order valence-electron chi connectivity index (χ4n) is 3.75. The molecule has 0 aliphatic rings. The molecule has 0 radical (unpaired) electrons. The number of aryl methyl sites for hydroxylation is 4. The van der Waals surface area contributed by atoms with E-state index in [4.69, 9.17) is 4.18 Å². The number of nitrogens with one attached hydrogen (secondary N) is 1. The van der Waals surface area contributed by atoms with E-state index in [9.17, 15) is 25.3 Å². The molecule has 0 saturated heterocycles. The third kappa shape index (κ3) is 6.16. The molecule has 0 bridgehead atoms. The Labute approximate surface area is 229 Å². The second-order valence-corrected chi connectivity index (χ2v) is 14.4. The molecule has 0 heterocycles. The van der Waals surface area contributed by atoms with Gasteiger partial charge in [0, 0.05) is 0 Å². The molecule has 0 aliphatic carbocycles. The van der Waals surface area contributed by atoms with Gasteiger partial charge in [-0.3, -0.25) is 4.72 Å². The van der Waals surface area contributed by atoms with E-state index in [1.807, 2.05) is 6.92 Å². The van der Waals surface area contributed by atoms with Crippen LogP contribution in [0.15, 0.2) is 105 Å². The van der Waals surface area contributed by atoms with Gasteiger partial charge in [-0.1, -0.05) is 53.1 Å². The van der Waals surface area contributed by atoms with Crippen LogP contribution in [0.1, 0.15) is 22.3 Å². The van der Waals surface area contributed by atoms with Gasteiger partial charge in [0.05, 0.1) is 15.5 Å². The molecule has 0 amide bonds. The molecule has 8 nitrogen and oxygen atoms in total. The Morgan fingerprint density at radius 3 is 1.49 bits per heavy atom. The summed E-state index contributed by atoms with van der Waals surface area (Å²) in [4.78, 5) is -0.779. The molecule has 0 unspecified atom stereocenters. The highest BCUT2D eigenvalue weighted by molar-refractivity contribution is 7.93. The summed E-state index contributed by atoms with van der Waals surface area (Å²) in [5.74, 6) is -0.422. The highest BCUT2D eigenvalue weighted by Gasteiger charge is 2.29. The van der Waals surface area contributed by atoms with Crippen LogP contribution in [0.2, 0.25) is 0 Å². The summed E-state index contributed by atoms with van der Waals surface area (Å²) in [6.07, 6.45) is 0. The average molecular weight is 586 g/mol. The number of hydrogen-bond donors (Lipinski definition) is 1. The van der Waals surface area contributed by atoms with Gasteiger partial charge in [0.1, 0.15) is 9.79 Å². The maximum atomic E-state index is 13.8. The molecule has 4 aromatic rings. The molecule has 0 spiro atoms. The lowest BCUT2D eigenvalue weighted by atomic mass is 10.2. The first-order valence-corrected chi connectivity index (χ1v) is 16.1. The van der Waals surface area contributed by atoms with Crippen LogP contribution in [-0.4, -0.2) is 25.3 Å². The minimum Gasteiger partial charge on any atom is -0.377 e. The summed E-state index contributed by atoms with van der Waals surface area (Å²) in [6.45, 7) is 6.85. The van der Waals surface area contributed by atoms with E-state index in [2.05, 4.69) is 4.72 Å². The van der Waals surface area contributed by atoms with E-state index in [-0.39, 0.29) is 25.9 Å². The van der Waals surface area contributed by atoms with Crippen LogP contribution in [0.4, 0.5) is 5.69 Å². The average Bonchev–Trinajstić information content (AvgIpc) is 2.86. The molecule has 204 valence electrons. The highest BCUT2D eigenvalue weighted by Crippen LogP contribution is 2.37. The molecule has 0 saturated carbocycles. The van der Waals surface area contributed by atoms with Gasteiger partial charge in [-0.15, -0.1) is 0 Å².